The van der Waals surface area contributed by atoms with E-state index in [2.05, 4.69) is 0 Å². The highest BCUT2D eigenvalue weighted by atomic mass is 32.1. The van der Waals surface area contributed by atoms with Gasteiger partial charge in [-0.15, -0.1) is 0 Å². The summed E-state index contributed by atoms with van der Waals surface area (Å²) in [6.07, 6.45) is 0.458. The molecule has 0 saturated carbocycles. The van der Waals surface area contributed by atoms with E-state index in [-0.39, 0.29) is 17.2 Å². The zero-order chi connectivity index (χ0) is 14.4. The van der Waals surface area contributed by atoms with Crippen LogP contribution in [0.2, 0.25) is 0 Å². The number of phenols is 1. The largest absolute Gasteiger partial charge is 0.507 e. The highest BCUT2D eigenvalue weighted by Crippen LogP contribution is 2.24. The monoisotopic (exact) mass is 282 g/mol. The van der Waals surface area contributed by atoms with Gasteiger partial charge in [-0.25, -0.2) is 0 Å². The molecule has 3 N–H and O–H groups in total. The van der Waals surface area contributed by atoms with E-state index in [0.29, 0.717) is 30.2 Å². The molecule has 0 spiro atoms. The average Bonchev–Trinajstić information content (AvgIpc) is 2.39. The molecule has 0 aliphatic rings. The van der Waals surface area contributed by atoms with Crippen LogP contribution in [0.5, 0.6) is 11.5 Å². The fraction of sp³-hybridized carbons (Fsp3) is 0.385. The second-order valence-corrected chi connectivity index (χ2v) is 4.51. The number of nitrogens with zero attached hydrogens (tertiary/aromatic N) is 1. The summed E-state index contributed by atoms with van der Waals surface area (Å²) in [5.41, 5.74) is 5.65. The lowest BCUT2D eigenvalue weighted by Crippen LogP contribution is -2.33. The van der Waals surface area contributed by atoms with Crippen molar-refractivity contribution >= 4 is 23.1 Å². The number of amides is 1. The van der Waals surface area contributed by atoms with E-state index in [4.69, 9.17) is 22.7 Å². The second kappa shape index (κ2) is 6.94. The van der Waals surface area contributed by atoms with E-state index in [1.165, 1.54) is 19.2 Å². The highest BCUT2D eigenvalue weighted by Gasteiger charge is 2.18. The Morgan fingerprint density at radius 3 is 2.74 bits per heavy atom. The maximum absolute atomic E-state index is 12.3. The zero-order valence-electron chi connectivity index (χ0n) is 11.0. The fourth-order valence-corrected chi connectivity index (χ4v) is 1.72. The summed E-state index contributed by atoms with van der Waals surface area (Å²) in [7, 11) is 1.51. The summed E-state index contributed by atoms with van der Waals surface area (Å²) in [5.74, 6) is 0.182. The average molecular weight is 282 g/mol. The lowest BCUT2D eigenvalue weighted by molar-refractivity contribution is 0.0765. The Morgan fingerprint density at radius 1 is 1.53 bits per heavy atom. The molecule has 19 heavy (non-hydrogen) atoms. The third-order valence-electron chi connectivity index (χ3n) is 2.73. The van der Waals surface area contributed by atoms with Crippen molar-refractivity contribution in [3.05, 3.63) is 23.8 Å². The molecule has 0 atom stereocenters. The Balaban J connectivity index is 2.93. The third kappa shape index (κ3) is 4.10. The molecule has 1 aromatic carbocycles. The zero-order valence-corrected chi connectivity index (χ0v) is 11.9. The molecule has 1 rings (SSSR count). The third-order valence-corrected chi connectivity index (χ3v) is 2.94. The molecule has 0 bridgehead atoms. The van der Waals surface area contributed by atoms with Crippen LogP contribution in [0.15, 0.2) is 18.2 Å². The number of ether oxygens (including phenoxy) is 1. The Hall–Kier alpha value is -1.82. The number of nitrogens with two attached hydrogens (primary N) is 1. The number of benzene rings is 1. The molecule has 6 heteroatoms. The van der Waals surface area contributed by atoms with Gasteiger partial charge in [0.15, 0.2) is 0 Å². The van der Waals surface area contributed by atoms with Gasteiger partial charge in [-0.05, 0) is 25.1 Å². The van der Waals surface area contributed by atoms with Crippen LogP contribution in [0, 0.1) is 0 Å². The molecule has 0 aromatic heterocycles. The molecule has 0 aliphatic heterocycles. The number of aromatic hydroxyl groups is 1. The van der Waals surface area contributed by atoms with Crippen LogP contribution in [0.1, 0.15) is 23.7 Å². The molecule has 0 fully saturated rings. The summed E-state index contributed by atoms with van der Waals surface area (Å²) in [4.78, 5) is 14.2. The predicted molar refractivity (Wildman–Crippen MR) is 77.6 cm³/mol. The predicted octanol–water partition coefficient (Wildman–Crippen LogP) is 1.54. The number of hydrogen-bond donors (Lipinski definition) is 2. The standard InChI is InChI=1S/C13H18N2O3S/c1-3-15(7-6-12(14)19)13(17)10-8-9(18-2)4-5-11(10)16/h4-5,8,16H,3,6-7H2,1-2H3,(H2,14,19). The van der Waals surface area contributed by atoms with Gasteiger partial charge in [-0.2, -0.15) is 0 Å². The molecule has 1 aromatic rings. The van der Waals surface area contributed by atoms with Crippen molar-refractivity contribution in [3.8, 4) is 11.5 Å². The van der Waals surface area contributed by atoms with Crippen molar-refractivity contribution in [2.75, 3.05) is 20.2 Å². The first kappa shape index (κ1) is 15.2. The van der Waals surface area contributed by atoms with E-state index in [1.807, 2.05) is 6.92 Å². The van der Waals surface area contributed by atoms with Gasteiger partial charge in [-0.1, -0.05) is 12.2 Å². The van der Waals surface area contributed by atoms with Crippen molar-refractivity contribution < 1.29 is 14.6 Å². The molecule has 1 amide bonds. The van der Waals surface area contributed by atoms with Crippen molar-refractivity contribution in [3.63, 3.8) is 0 Å². The Labute approximate surface area is 118 Å². The van der Waals surface area contributed by atoms with Gasteiger partial charge >= 0.3 is 0 Å². The second-order valence-electron chi connectivity index (χ2n) is 3.98. The number of methoxy groups -OCH3 is 1. The van der Waals surface area contributed by atoms with Gasteiger partial charge in [0.2, 0.25) is 0 Å². The number of phenolic OH excluding ortho intramolecular Hbond substituents is 1. The quantitative estimate of drug-likeness (QED) is 0.774. The molecule has 0 radical (unpaired) electrons. The minimum absolute atomic E-state index is 0.0698. The molecule has 0 saturated heterocycles. The smallest absolute Gasteiger partial charge is 0.257 e. The van der Waals surface area contributed by atoms with E-state index in [0.717, 1.165) is 0 Å². The summed E-state index contributed by atoms with van der Waals surface area (Å²) < 4.78 is 5.05. The minimum Gasteiger partial charge on any atom is -0.507 e. The van der Waals surface area contributed by atoms with Crippen LogP contribution in [-0.4, -0.2) is 41.1 Å². The maximum atomic E-state index is 12.3. The van der Waals surface area contributed by atoms with Crippen LogP contribution >= 0.6 is 12.2 Å². The Morgan fingerprint density at radius 2 is 2.21 bits per heavy atom. The molecular weight excluding hydrogens is 264 g/mol. The van der Waals surface area contributed by atoms with Gasteiger partial charge < -0.3 is 20.5 Å². The summed E-state index contributed by atoms with van der Waals surface area (Å²) >= 11 is 4.80. The molecule has 0 aliphatic carbocycles. The van der Waals surface area contributed by atoms with Gasteiger partial charge in [0.1, 0.15) is 11.5 Å². The molecular formula is C13H18N2O3S. The first-order valence-electron chi connectivity index (χ1n) is 5.94. The molecule has 104 valence electrons. The number of rotatable bonds is 6. The first-order chi connectivity index (χ1) is 8.99. The number of thiocarbonyl (C=S) groups is 1. The summed E-state index contributed by atoms with van der Waals surface area (Å²) in [6, 6.07) is 4.55. The van der Waals surface area contributed by atoms with Crippen molar-refractivity contribution in [2.45, 2.75) is 13.3 Å². The number of carbonyl (C=O) groups excluding carboxylic acids is 1. The normalized spacial score (nSPS) is 10.0. The van der Waals surface area contributed by atoms with Crippen LogP contribution < -0.4 is 10.5 Å². The van der Waals surface area contributed by atoms with Crippen LogP contribution in [0.25, 0.3) is 0 Å². The van der Waals surface area contributed by atoms with Crippen LogP contribution in [0.4, 0.5) is 0 Å². The van der Waals surface area contributed by atoms with Crippen LogP contribution in [-0.2, 0) is 0 Å². The molecule has 5 nitrogen and oxygen atoms in total. The SMILES string of the molecule is CCN(CCC(N)=S)C(=O)c1cc(OC)ccc1O. The fourth-order valence-electron chi connectivity index (χ4n) is 1.63. The first-order valence-corrected chi connectivity index (χ1v) is 6.35. The Kier molecular flexibility index (Phi) is 5.57. The maximum Gasteiger partial charge on any atom is 0.257 e. The van der Waals surface area contributed by atoms with E-state index in [9.17, 15) is 9.90 Å². The van der Waals surface area contributed by atoms with Gasteiger partial charge in [0, 0.05) is 19.5 Å². The lowest BCUT2D eigenvalue weighted by Gasteiger charge is -2.21. The lowest BCUT2D eigenvalue weighted by atomic mass is 10.1. The summed E-state index contributed by atoms with van der Waals surface area (Å²) in [6.45, 7) is 2.80. The topological polar surface area (TPSA) is 75.8 Å². The van der Waals surface area contributed by atoms with E-state index >= 15 is 0 Å². The summed E-state index contributed by atoms with van der Waals surface area (Å²) in [5, 5.41) is 9.77. The Bertz CT molecular complexity index is 477. The van der Waals surface area contributed by atoms with Crippen molar-refractivity contribution in [2.24, 2.45) is 5.73 Å². The molecule has 0 unspecified atom stereocenters. The molecule has 0 heterocycles. The van der Waals surface area contributed by atoms with Gasteiger partial charge in [0.25, 0.3) is 5.91 Å². The highest BCUT2D eigenvalue weighted by molar-refractivity contribution is 7.80. The van der Waals surface area contributed by atoms with E-state index in [1.54, 1.807) is 11.0 Å². The minimum atomic E-state index is -0.268. The number of carbonyl (C=O) groups is 1. The van der Waals surface area contributed by atoms with Gasteiger partial charge in [-0.3, -0.25) is 4.79 Å². The van der Waals surface area contributed by atoms with E-state index < -0.39 is 0 Å². The van der Waals surface area contributed by atoms with Gasteiger partial charge in [0.05, 0.1) is 17.7 Å². The number of hydrogen-bond acceptors (Lipinski definition) is 4. The van der Waals surface area contributed by atoms with Crippen molar-refractivity contribution in [1.82, 2.24) is 4.90 Å². The van der Waals surface area contributed by atoms with Crippen molar-refractivity contribution in [1.29, 1.82) is 0 Å². The van der Waals surface area contributed by atoms with Crippen LogP contribution in [0.3, 0.4) is 0 Å².